The van der Waals surface area contributed by atoms with Gasteiger partial charge in [-0.25, -0.2) is 4.39 Å². The average Bonchev–Trinajstić information content (AvgIpc) is 3.08. The number of nitrogens with zero attached hydrogens (tertiary/aromatic N) is 1. The number of halogens is 1. The summed E-state index contributed by atoms with van der Waals surface area (Å²) in [6.45, 7) is 2.54. The lowest BCUT2D eigenvalue weighted by atomic mass is 10.00. The van der Waals surface area contributed by atoms with E-state index >= 15 is 0 Å². The fourth-order valence-electron chi connectivity index (χ4n) is 3.89. The van der Waals surface area contributed by atoms with E-state index in [4.69, 9.17) is 14.2 Å². The second-order valence-corrected chi connectivity index (χ2v) is 7.83. The van der Waals surface area contributed by atoms with Crippen molar-refractivity contribution in [2.45, 2.75) is 32.6 Å². The number of rotatable bonds is 9. The molecule has 2 amide bonds. The van der Waals surface area contributed by atoms with Crippen molar-refractivity contribution < 1.29 is 28.2 Å². The lowest BCUT2D eigenvalue weighted by Crippen LogP contribution is -2.33. The summed E-state index contributed by atoms with van der Waals surface area (Å²) in [6.07, 6.45) is 6.32. The summed E-state index contributed by atoms with van der Waals surface area (Å²) < 4.78 is 31.3. The van der Waals surface area contributed by atoms with Crippen LogP contribution in [-0.2, 0) is 16.0 Å². The van der Waals surface area contributed by atoms with E-state index in [1.165, 1.54) is 17.0 Å². The van der Waals surface area contributed by atoms with Crippen LogP contribution in [0, 0.1) is 5.82 Å². The number of methoxy groups -OCH3 is 1. The van der Waals surface area contributed by atoms with Gasteiger partial charge < -0.3 is 14.2 Å². The SMILES string of the molecule is CCc1ccc(Oc2ccc(OCCCN3C(=O)C4=C(CCC=C4)C3=O)cc2F)c(OC)c1. The molecule has 0 unspecified atom stereocenters. The monoisotopic (exact) mass is 451 g/mol. The molecule has 2 aliphatic rings. The van der Waals surface area contributed by atoms with Gasteiger partial charge in [-0.3, -0.25) is 14.5 Å². The van der Waals surface area contributed by atoms with Crippen LogP contribution in [-0.4, -0.2) is 37.0 Å². The molecule has 33 heavy (non-hydrogen) atoms. The Morgan fingerprint density at radius 1 is 1.03 bits per heavy atom. The Morgan fingerprint density at radius 2 is 1.85 bits per heavy atom. The molecule has 1 aliphatic carbocycles. The van der Waals surface area contributed by atoms with Gasteiger partial charge in [-0.2, -0.15) is 0 Å². The highest BCUT2D eigenvalue weighted by Crippen LogP contribution is 2.35. The third-order valence-electron chi connectivity index (χ3n) is 5.70. The van der Waals surface area contributed by atoms with E-state index in [1.54, 1.807) is 25.3 Å². The van der Waals surface area contributed by atoms with E-state index in [-0.39, 0.29) is 30.7 Å². The Morgan fingerprint density at radius 3 is 2.58 bits per heavy atom. The van der Waals surface area contributed by atoms with E-state index < -0.39 is 5.82 Å². The van der Waals surface area contributed by atoms with Crippen molar-refractivity contribution in [1.29, 1.82) is 0 Å². The number of carbonyl (C=O) groups is 2. The molecule has 4 rings (SSSR count). The highest BCUT2D eigenvalue weighted by atomic mass is 19.1. The molecule has 0 spiro atoms. The van der Waals surface area contributed by atoms with Crippen molar-refractivity contribution in [3.8, 4) is 23.0 Å². The molecule has 2 aromatic carbocycles. The van der Waals surface area contributed by atoms with Crippen LogP contribution in [0.25, 0.3) is 0 Å². The zero-order valence-corrected chi connectivity index (χ0v) is 18.7. The van der Waals surface area contributed by atoms with Gasteiger partial charge in [0.25, 0.3) is 11.8 Å². The number of ether oxygens (including phenoxy) is 3. The summed E-state index contributed by atoms with van der Waals surface area (Å²) in [4.78, 5) is 26.1. The number of benzene rings is 2. The standard InChI is InChI=1S/C26H26FNO5/c1-3-17-9-11-23(24(15-17)31-2)33-22-12-10-18(16-21(22)27)32-14-6-13-28-25(29)19-7-4-5-8-20(19)26(28)30/h4,7,9-12,15-16H,3,5-6,8,13-14H2,1-2H3. The molecular formula is C26H26FNO5. The van der Waals surface area contributed by atoms with Crippen LogP contribution in [0.1, 0.15) is 31.7 Å². The summed E-state index contributed by atoms with van der Waals surface area (Å²) in [5.74, 6) is 0.327. The maximum absolute atomic E-state index is 14.6. The Balaban J connectivity index is 1.31. The minimum Gasteiger partial charge on any atom is -0.493 e. The molecule has 1 aliphatic heterocycles. The third-order valence-corrected chi connectivity index (χ3v) is 5.70. The third kappa shape index (κ3) is 4.77. The predicted molar refractivity (Wildman–Crippen MR) is 121 cm³/mol. The normalized spacial score (nSPS) is 15.2. The van der Waals surface area contributed by atoms with Gasteiger partial charge in [-0.1, -0.05) is 25.1 Å². The van der Waals surface area contributed by atoms with Gasteiger partial charge in [-0.05, 0) is 55.5 Å². The summed E-state index contributed by atoms with van der Waals surface area (Å²) in [5.41, 5.74) is 2.20. The summed E-state index contributed by atoms with van der Waals surface area (Å²) in [7, 11) is 1.54. The Bertz CT molecular complexity index is 1140. The minimum absolute atomic E-state index is 0.0582. The molecule has 0 N–H and O–H groups in total. The highest BCUT2D eigenvalue weighted by molar-refractivity contribution is 6.20. The van der Waals surface area contributed by atoms with Gasteiger partial charge in [0.1, 0.15) is 5.75 Å². The van der Waals surface area contributed by atoms with Gasteiger partial charge in [0.2, 0.25) is 0 Å². The first-order valence-corrected chi connectivity index (χ1v) is 11.0. The molecule has 172 valence electrons. The number of allylic oxidation sites excluding steroid dienone is 1. The highest BCUT2D eigenvalue weighted by Gasteiger charge is 2.36. The molecule has 0 atom stereocenters. The molecule has 0 aromatic heterocycles. The smallest absolute Gasteiger partial charge is 0.261 e. The van der Waals surface area contributed by atoms with E-state index in [1.807, 2.05) is 25.1 Å². The van der Waals surface area contributed by atoms with Crippen LogP contribution in [0.5, 0.6) is 23.0 Å². The zero-order valence-electron chi connectivity index (χ0n) is 18.7. The predicted octanol–water partition coefficient (Wildman–Crippen LogP) is 4.97. The van der Waals surface area contributed by atoms with Crippen LogP contribution in [0.4, 0.5) is 4.39 Å². The second kappa shape index (κ2) is 9.90. The molecule has 7 heteroatoms. The molecule has 2 aromatic rings. The van der Waals surface area contributed by atoms with Crippen LogP contribution in [0.3, 0.4) is 0 Å². The quantitative estimate of drug-likeness (QED) is 0.398. The number of imide groups is 1. The zero-order chi connectivity index (χ0) is 23.4. The lowest BCUT2D eigenvalue weighted by Gasteiger charge is -2.15. The van der Waals surface area contributed by atoms with Crippen molar-refractivity contribution in [3.63, 3.8) is 0 Å². The fraction of sp³-hybridized carbons (Fsp3) is 0.308. The Hall–Kier alpha value is -3.61. The maximum Gasteiger partial charge on any atom is 0.261 e. The summed E-state index contributed by atoms with van der Waals surface area (Å²) >= 11 is 0. The molecule has 0 fully saturated rings. The van der Waals surface area contributed by atoms with Gasteiger partial charge in [0, 0.05) is 23.8 Å². The first-order valence-electron chi connectivity index (χ1n) is 11.0. The van der Waals surface area contributed by atoms with Crippen molar-refractivity contribution in [1.82, 2.24) is 4.90 Å². The van der Waals surface area contributed by atoms with Crippen molar-refractivity contribution in [2.24, 2.45) is 0 Å². The van der Waals surface area contributed by atoms with E-state index in [9.17, 15) is 14.0 Å². The summed E-state index contributed by atoms with van der Waals surface area (Å²) in [5, 5.41) is 0. The van der Waals surface area contributed by atoms with Crippen molar-refractivity contribution in [3.05, 3.63) is 71.1 Å². The van der Waals surface area contributed by atoms with Crippen LogP contribution in [0.2, 0.25) is 0 Å². The van der Waals surface area contributed by atoms with Crippen LogP contribution >= 0.6 is 0 Å². The number of amides is 2. The van der Waals surface area contributed by atoms with Crippen molar-refractivity contribution in [2.75, 3.05) is 20.3 Å². The van der Waals surface area contributed by atoms with Crippen LogP contribution in [0.15, 0.2) is 59.7 Å². The van der Waals surface area contributed by atoms with Crippen molar-refractivity contribution >= 4 is 11.8 Å². The van der Waals surface area contributed by atoms with Gasteiger partial charge in [0.05, 0.1) is 13.7 Å². The minimum atomic E-state index is -0.567. The van der Waals surface area contributed by atoms with E-state index in [2.05, 4.69) is 0 Å². The second-order valence-electron chi connectivity index (χ2n) is 7.83. The average molecular weight is 451 g/mol. The number of carbonyl (C=O) groups excluding carboxylic acids is 2. The molecule has 0 bridgehead atoms. The first kappa shape index (κ1) is 22.6. The molecule has 6 nitrogen and oxygen atoms in total. The topological polar surface area (TPSA) is 65.1 Å². The van der Waals surface area contributed by atoms with E-state index in [0.717, 1.165) is 18.4 Å². The largest absolute Gasteiger partial charge is 0.493 e. The van der Waals surface area contributed by atoms with E-state index in [0.29, 0.717) is 41.2 Å². The Kier molecular flexibility index (Phi) is 6.77. The van der Waals surface area contributed by atoms with Gasteiger partial charge >= 0.3 is 0 Å². The fourth-order valence-corrected chi connectivity index (χ4v) is 3.89. The number of hydrogen-bond donors (Lipinski definition) is 0. The van der Waals surface area contributed by atoms with Gasteiger partial charge in [-0.15, -0.1) is 0 Å². The Labute approximate surface area is 192 Å². The van der Waals surface area contributed by atoms with Gasteiger partial charge in [0.15, 0.2) is 23.1 Å². The first-order chi connectivity index (χ1) is 16.0. The summed E-state index contributed by atoms with van der Waals surface area (Å²) in [6, 6.07) is 9.89. The molecular weight excluding hydrogens is 425 g/mol. The molecule has 0 saturated heterocycles. The number of hydrogen-bond acceptors (Lipinski definition) is 5. The number of aryl methyl sites for hydroxylation is 1. The molecule has 1 heterocycles. The molecule has 0 radical (unpaired) electrons. The maximum atomic E-state index is 14.6. The molecule has 0 saturated carbocycles. The van der Waals surface area contributed by atoms with Crippen LogP contribution < -0.4 is 14.2 Å². The lowest BCUT2D eigenvalue weighted by molar-refractivity contribution is -0.137.